The van der Waals surface area contributed by atoms with E-state index >= 15 is 0 Å². The molecule has 3 rings (SSSR count). The summed E-state index contributed by atoms with van der Waals surface area (Å²) < 4.78 is 0. The average molecular weight is 316 g/mol. The predicted molar refractivity (Wildman–Crippen MR) is 96.5 cm³/mol. The molecule has 2 fully saturated rings. The maximum Gasteiger partial charge on any atom is 0.0502 e. The Kier molecular flexibility index (Phi) is 6.13. The van der Waals surface area contributed by atoms with Gasteiger partial charge < -0.3 is 10.0 Å². The van der Waals surface area contributed by atoms with Crippen LogP contribution in [-0.2, 0) is 6.42 Å². The highest BCUT2D eigenvalue weighted by molar-refractivity contribution is 5.17. The number of likely N-dealkylation sites (tertiary alicyclic amines) is 1. The molecule has 1 atom stereocenters. The van der Waals surface area contributed by atoms with E-state index in [9.17, 15) is 5.11 Å². The Labute approximate surface area is 141 Å². The summed E-state index contributed by atoms with van der Waals surface area (Å²) in [6.07, 6.45) is 12.0. The Morgan fingerprint density at radius 1 is 1.09 bits per heavy atom. The van der Waals surface area contributed by atoms with Crippen LogP contribution in [0.15, 0.2) is 30.3 Å². The number of hydrogen-bond acceptors (Lipinski definition) is 2. The highest BCUT2D eigenvalue weighted by Crippen LogP contribution is 2.34. The fraction of sp³-hybridized carbons (Fsp3) is 0.714. The molecule has 0 spiro atoms. The molecule has 1 saturated heterocycles. The minimum atomic E-state index is 0.0764. The van der Waals surface area contributed by atoms with E-state index in [2.05, 4.69) is 35.2 Å². The predicted octanol–water partition coefficient (Wildman–Crippen LogP) is 4.27. The molecule has 23 heavy (non-hydrogen) atoms. The van der Waals surface area contributed by atoms with Gasteiger partial charge in [-0.15, -0.1) is 0 Å². The standard InChI is InChI=1S/C21H33NO/c23-18-21(16-20-10-2-1-3-11-20)13-7-15-22(17-21)14-6-12-19-8-4-5-9-19/h1-3,10-11,19,23H,4-9,12-18H2. The second-order valence-corrected chi connectivity index (χ2v) is 7.99. The summed E-state index contributed by atoms with van der Waals surface area (Å²) in [6, 6.07) is 10.7. The summed E-state index contributed by atoms with van der Waals surface area (Å²) in [5.41, 5.74) is 1.45. The first-order valence-corrected chi connectivity index (χ1v) is 9.67. The van der Waals surface area contributed by atoms with E-state index in [0.717, 1.165) is 25.3 Å². The molecule has 2 heteroatoms. The van der Waals surface area contributed by atoms with Crippen molar-refractivity contribution < 1.29 is 5.11 Å². The molecular formula is C21H33NO. The van der Waals surface area contributed by atoms with Crippen LogP contribution in [0.3, 0.4) is 0 Å². The Bertz CT molecular complexity index is 454. The van der Waals surface area contributed by atoms with Gasteiger partial charge >= 0.3 is 0 Å². The number of rotatable bonds is 7. The van der Waals surface area contributed by atoms with Gasteiger partial charge in [0.15, 0.2) is 0 Å². The quantitative estimate of drug-likeness (QED) is 0.812. The molecule has 0 bridgehead atoms. The lowest BCUT2D eigenvalue weighted by Crippen LogP contribution is -2.46. The Morgan fingerprint density at radius 2 is 1.87 bits per heavy atom. The average Bonchev–Trinajstić information content (AvgIpc) is 3.09. The summed E-state index contributed by atoms with van der Waals surface area (Å²) in [5.74, 6) is 1.01. The van der Waals surface area contributed by atoms with Gasteiger partial charge in [-0.25, -0.2) is 0 Å². The fourth-order valence-electron chi connectivity index (χ4n) is 4.76. The minimum absolute atomic E-state index is 0.0764. The Balaban J connectivity index is 1.50. The SMILES string of the molecule is OCC1(Cc2ccccc2)CCCN(CCCC2CCCC2)C1. The number of aliphatic hydroxyl groups excluding tert-OH is 1. The molecule has 1 unspecified atom stereocenters. The summed E-state index contributed by atoms with van der Waals surface area (Å²) in [5, 5.41) is 10.1. The summed E-state index contributed by atoms with van der Waals surface area (Å²) in [4.78, 5) is 2.62. The van der Waals surface area contributed by atoms with Crippen LogP contribution in [0.25, 0.3) is 0 Å². The summed E-state index contributed by atoms with van der Waals surface area (Å²) >= 11 is 0. The molecule has 128 valence electrons. The Morgan fingerprint density at radius 3 is 2.61 bits per heavy atom. The van der Waals surface area contributed by atoms with Crippen molar-refractivity contribution in [3.8, 4) is 0 Å². The Hall–Kier alpha value is -0.860. The van der Waals surface area contributed by atoms with Crippen molar-refractivity contribution in [2.75, 3.05) is 26.2 Å². The smallest absolute Gasteiger partial charge is 0.0502 e. The molecule has 2 aliphatic rings. The van der Waals surface area contributed by atoms with Gasteiger partial charge in [-0.3, -0.25) is 0 Å². The third-order valence-corrected chi connectivity index (χ3v) is 6.06. The molecule has 1 saturated carbocycles. The first-order chi connectivity index (χ1) is 11.3. The molecule has 1 N–H and O–H groups in total. The summed E-state index contributed by atoms with van der Waals surface area (Å²) in [6.45, 7) is 3.85. The lowest BCUT2D eigenvalue weighted by atomic mass is 9.75. The third kappa shape index (κ3) is 4.81. The van der Waals surface area contributed by atoms with Gasteiger partial charge in [0, 0.05) is 12.0 Å². The van der Waals surface area contributed by atoms with Crippen LogP contribution in [0.4, 0.5) is 0 Å². The zero-order chi connectivity index (χ0) is 16.0. The normalized spacial score (nSPS) is 26.7. The van der Waals surface area contributed by atoms with Crippen LogP contribution in [0.1, 0.15) is 56.9 Å². The molecule has 0 radical (unpaired) electrons. The highest BCUT2D eigenvalue weighted by atomic mass is 16.3. The van der Waals surface area contributed by atoms with Crippen molar-refractivity contribution in [2.45, 2.75) is 57.8 Å². The molecule has 1 aliphatic carbocycles. The third-order valence-electron chi connectivity index (χ3n) is 6.06. The molecule has 1 aliphatic heterocycles. The van der Waals surface area contributed by atoms with E-state index in [-0.39, 0.29) is 5.41 Å². The van der Waals surface area contributed by atoms with Crippen molar-refractivity contribution >= 4 is 0 Å². The number of aliphatic hydroxyl groups is 1. The van der Waals surface area contributed by atoms with Gasteiger partial charge in [-0.1, -0.05) is 56.0 Å². The van der Waals surface area contributed by atoms with Crippen molar-refractivity contribution in [2.24, 2.45) is 11.3 Å². The number of hydrogen-bond donors (Lipinski definition) is 1. The second-order valence-electron chi connectivity index (χ2n) is 7.99. The van der Waals surface area contributed by atoms with Crippen molar-refractivity contribution in [1.82, 2.24) is 4.90 Å². The monoisotopic (exact) mass is 315 g/mol. The zero-order valence-electron chi connectivity index (χ0n) is 14.6. The second kappa shape index (κ2) is 8.30. The van der Waals surface area contributed by atoms with E-state index in [4.69, 9.17) is 0 Å². The number of benzene rings is 1. The van der Waals surface area contributed by atoms with E-state index in [1.165, 1.54) is 63.6 Å². The molecule has 2 nitrogen and oxygen atoms in total. The first kappa shape index (κ1) is 17.0. The first-order valence-electron chi connectivity index (χ1n) is 9.67. The van der Waals surface area contributed by atoms with Crippen LogP contribution in [0.2, 0.25) is 0 Å². The lowest BCUT2D eigenvalue weighted by molar-refractivity contribution is 0.0313. The van der Waals surface area contributed by atoms with Crippen molar-refractivity contribution in [1.29, 1.82) is 0 Å². The largest absolute Gasteiger partial charge is 0.396 e. The topological polar surface area (TPSA) is 23.5 Å². The van der Waals surface area contributed by atoms with E-state index in [1.54, 1.807) is 0 Å². The van der Waals surface area contributed by atoms with Gasteiger partial charge in [-0.05, 0) is 56.7 Å². The van der Waals surface area contributed by atoms with Gasteiger partial charge in [0.05, 0.1) is 6.61 Å². The van der Waals surface area contributed by atoms with Gasteiger partial charge in [0.2, 0.25) is 0 Å². The van der Waals surface area contributed by atoms with E-state index in [1.807, 2.05) is 0 Å². The molecule has 1 aromatic rings. The van der Waals surface area contributed by atoms with Crippen LogP contribution < -0.4 is 0 Å². The zero-order valence-corrected chi connectivity index (χ0v) is 14.6. The van der Waals surface area contributed by atoms with Crippen molar-refractivity contribution in [3.05, 3.63) is 35.9 Å². The van der Waals surface area contributed by atoms with Crippen LogP contribution >= 0.6 is 0 Å². The number of piperidine rings is 1. The lowest BCUT2D eigenvalue weighted by Gasteiger charge is -2.42. The molecule has 1 aromatic carbocycles. The maximum atomic E-state index is 10.1. The van der Waals surface area contributed by atoms with E-state index < -0.39 is 0 Å². The molecular weight excluding hydrogens is 282 g/mol. The molecule has 0 amide bonds. The van der Waals surface area contributed by atoms with Gasteiger partial charge in [0.1, 0.15) is 0 Å². The highest BCUT2D eigenvalue weighted by Gasteiger charge is 2.34. The van der Waals surface area contributed by atoms with Gasteiger partial charge in [0.25, 0.3) is 0 Å². The maximum absolute atomic E-state index is 10.1. The van der Waals surface area contributed by atoms with Crippen LogP contribution in [0.5, 0.6) is 0 Å². The van der Waals surface area contributed by atoms with Crippen LogP contribution in [0, 0.1) is 11.3 Å². The fourth-order valence-corrected chi connectivity index (χ4v) is 4.76. The summed E-state index contributed by atoms with van der Waals surface area (Å²) in [7, 11) is 0. The van der Waals surface area contributed by atoms with E-state index in [0.29, 0.717) is 6.61 Å². The molecule has 0 aromatic heterocycles. The van der Waals surface area contributed by atoms with Gasteiger partial charge in [-0.2, -0.15) is 0 Å². The number of nitrogens with zero attached hydrogens (tertiary/aromatic N) is 1. The minimum Gasteiger partial charge on any atom is -0.396 e. The van der Waals surface area contributed by atoms with Crippen molar-refractivity contribution in [3.63, 3.8) is 0 Å². The molecule has 1 heterocycles. The van der Waals surface area contributed by atoms with Crippen LogP contribution in [-0.4, -0.2) is 36.2 Å².